The average Bonchev–Trinajstić information content (AvgIpc) is 2.94. The van der Waals surface area contributed by atoms with Crippen LogP contribution in [0, 0.1) is 0 Å². The number of carbonyl (C=O) groups is 4. The third-order valence-electron chi connectivity index (χ3n) is 6.62. The zero-order valence-electron chi connectivity index (χ0n) is 20.6. The number of aromatic hydroxyl groups is 1. The number of ether oxygens (including phenoxy) is 1. The van der Waals surface area contributed by atoms with E-state index < -0.39 is 29.6 Å². The van der Waals surface area contributed by atoms with Crippen molar-refractivity contribution in [1.82, 2.24) is 0 Å². The topological polar surface area (TPSA) is 158 Å². The normalized spacial score (nSPS) is 10.9. The Morgan fingerprint density at radius 2 is 1.05 bits per heavy atom. The second kappa shape index (κ2) is 10.2. The van der Waals surface area contributed by atoms with Crippen molar-refractivity contribution < 1.29 is 44.3 Å². The highest BCUT2D eigenvalue weighted by Gasteiger charge is 2.27. The van der Waals surface area contributed by atoms with Crippen LogP contribution in [0.2, 0.25) is 0 Å². The van der Waals surface area contributed by atoms with Crippen molar-refractivity contribution in [2.45, 2.75) is 6.42 Å². The second-order valence-electron chi connectivity index (χ2n) is 8.95. The molecular formula is C31H20O9. The second-order valence-corrected chi connectivity index (χ2v) is 8.95. The number of hydrogen-bond acceptors (Lipinski definition) is 6. The summed E-state index contributed by atoms with van der Waals surface area (Å²) in [5, 5.41) is 42.4. The first-order valence-corrected chi connectivity index (χ1v) is 12.0. The molecule has 0 aromatic heterocycles. The summed E-state index contributed by atoms with van der Waals surface area (Å²) in [5.41, 5.74) is -0.948. The quantitative estimate of drug-likeness (QED) is 0.153. The zero-order valence-corrected chi connectivity index (χ0v) is 20.6. The molecule has 198 valence electrons. The van der Waals surface area contributed by atoms with E-state index in [9.17, 15) is 39.6 Å². The van der Waals surface area contributed by atoms with Crippen molar-refractivity contribution in [2.75, 3.05) is 0 Å². The monoisotopic (exact) mass is 536 g/mol. The summed E-state index contributed by atoms with van der Waals surface area (Å²) in [4.78, 5) is 49.3. The molecule has 0 fully saturated rings. The van der Waals surface area contributed by atoms with E-state index >= 15 is 0 Å². The van der Waals surface area contributed by atoms with E-state index in [2.05, 4.69) is 0 Å². The Labute approximate surface area is 226 Å². The first-order chi connectivity index (χ1) is 19.2. The zero-order chi connectivity index (χ0) is 28.6. The Morgan fingerprint density at radius 3 is 1.62 bits per heavy atom. The van der Waals surface area contributed by atoms with Gasteiger partial charge in [0.05, 0.1) is 11.1 Å². The molecule has 40 heavy (non-hydrogen) atoms. The summed E-state index contributed by atoms with van der Waals surface area (Å²) in [5.74, 6) is -6.08. The Balaban J connectivity index is 1.78. The molecule has 5 aromatic rings. The fourth-order valence-corrected chi connectivity index (χ4v) is 4.78. The lowest BCUT2D eigenvalue weighted by molar-refractivity contribution is 0.0652. The minimum atomic E-state index is -1.41. The molecule has 5 aromatic carbocycles. The van der Waals surface area contributed by atoms with Crippen LogP contribution in [0.5, 0.6) is 11.5 Å². The van der Waals surface area contributed by atoms with E-state index in [-0.39, 0.29) is 45.6 Å². The maximum atomic E-state index is 13.3. The van der Waals surface area contributed by atoms with Gasteiger partial charge in [-0.25, -0.2) is 19.2 Å². The van der Waals surface area contributed by atoms with Crippen LogP contribution in [0.4, 0.5) is 0 Å². The lowest BCUT2D eigenvalue weighted by Gasteiger charge is -2.19. The number of hydrogen-bond donors (Lipinski definition) is 4. The highest BCUT2D eigenvalue weighted by atomic mass is 16.5. The Kier molecular flexibility index (Phi) is 6.63. The molecule has 0 bridgehead atoms. The van der Waals surface area contributed by atoms with E-state index in [4.69, 9.17) is 4.74 Å². The highest BCUT2D eigenvalue weighted by Crippen LogP contribution is 2.39. The molecule has 0 aliphatic carbocycles. The number of esters is 1. The van der Waals surface area contributed by atoms with Gasteiger partial charge in [-0.05, 0) is 45.8 Å². The molecule has 0 atom stereocenters. The molecule has 0 saturated carbocycles. The van der Waals surface area contributed by atoms with Crippen molar-refractivity contribution >= 4 is 45.4 Å². The molecule has 0 amide bonds. The third kappa shape index (κ3) is 4.56. The fourth-order valence-electron chi connectivity index (χ4n) is 4.78. The van der Waals surface area contributed by atoms with Crippen molar-refractivity contribution in [3.05, 3.63) is 118 Å². The SMILES string of the molecule is O=C(O)c1ccccc1C(=O)Oc1c(C(=O)O)cc2ccccc2c1Cc1c(O)c(C(=O)O)cc2ccccc12. The van der Waals surface area contributed by atoms with Crippen molar-refractivity contribution in [1.29, 1.82) is 0 Å². The van der Waals surface area contributed by atoms with Gasteiger partial charge in [0.25, 0.3) is 0 Å². The molecule has 4 N–H and O–H groups in total. The third-order valence-corrected chi connectivity index (χ3v) is 6.62. The summed E-state index contributed by atoms with van der Waals surface area (Å²) in [6.07, 6.45) is -0.210. The largest absolute Gasteiger partial charge is 0.507 e. The molecule has 0 saturated heterocycles. The molecule has 0 heterocycles. The Bertz CT molecular complexity index is 1870. The minimum absolute atomic E-state index is 0.187. The van der Waals surface area contributed by atoms with E-state index in [1.807, 2.05) is 0 Å². The van der Waals surface area contributed by atoms with Crippen molar-refractivity contribution in [3.8, 4) is 11.5 Å². The minimum Gasteiger partial charge on any atom is -0.507 e. The molecule has 0 unspecified atom stereocenters. The maximum absolute atomic E-state index is 13.3. The summed E-state index contributed by atoms with van der Waals surface area (Å²) in [6.45, 7) is 0. The predicted molar refractivity (Wildman–Crippen MR) is 145 cm³/mol. The summed E-state index contributed by atoms with van der Waals surface area (Å²) >= 11 is 0. The number of aromatic carboxylic acids is 3. The Hall–Kier alpha value is -5.70. The first-order valence-electron chi connectivity index (χ1n) is 12.0. The number of rotatable bonds is 7. The lowest BCUT2D eigenvalue weighted by Crippen LogP contribution is -2.17. The molecule has 0 radical (unpaired) electrons. The van der Waals surface area contributed by atoms with Crippen molar-refractivity contribution in [3.63, 3.8) is 0 Å². The molecule has 0 spiro atoms. The molecular weight excluding hydrogens is 516 g/mol. The smallest absolute Gasteiger partial charge is 0.344 e. The van der Waals surface area contributed by atoms with Gasteiger partial charge < -0.3 is 25.2 Å². The molecule has 9 nitrogen and oxygen atoms in total. The number of carboxylic acids is 3. The first kappa shape index (κ1) is 25.9. The van der Waals surface area contributed by atoms with E-state index in [0.717, 1.165) is 0 Å². The van der Waals surface area contributed by atoms with Gasteiger partial charge in [-0.2, -0.15) is 0 Å². The van der Waals surface area contributed by atoms with Crippen LogP contribution in [0.25, 0.3) is 21.5 Å². The molecule has 0 aliphatic heterocycles. The summed E-state index contributed by atoms with van der Waals surface area (Å²) < 4.78 is 5.64. The predicted octanol–water partition coefficient (Wildman–Crippen LogP) is 5.60. The number of carbonyl (C=O) groups excluding carboxylic acids is 1. The van der Waals surface area contributed by atoms with E-state index in [1.165, 1.54) is 36.4 Å². The van der Waals surface area contributed by atoms with Gasteiger partial charge in [-0.1, -0.05) is 60.7 Å². The number of fused-ring (bicyclic) bond motifs is 2. The van der Waals surface area contributed by atoms with Gasteiger partial charge in [0, 0.05) is 17.5 Å². The highest BCUT2D eigenvalue weighted by molar-refractivity contribution is 6.06. The Morgan fingerprint density at radius 1 is 0.575 bits per heavy atom. The molecule has 0 aliphatic rings. The van der Waals surface area contributed by atoms with Gasteiger partial charge in [-0.3, -0.25) is 0 Å². The van der Waals surface area contributed by atoms with E-state index in [1.54, 1.807) is 48.5 Å². The van der Waals surface area contributed by atoms with Crippen LogP contribution in [-0.2, 0) is 6.42 Å². The average molecular weight is 536 g/mol. The van der Waals surface area contributed by atoms with Crippen molar-refractivity contribution in [2.24, 2.45) is 0 Å². The fraction of sp³-hybridized carbons (Fsp3) is 0.0323. The summed E-state index contributed by atoms with van der Waals surface area (Å²) in [7, 11) is 0. The summed E-state index contributed by atoms with van der Waals surface area (Å²) in [6, 6.07) is 21.6. The number of carboxylic acid groups (broad SMARTS) is 3. The van der Waals surface area contributed by atoms with Crippen LogP contribution >= 0.6 is 0 Å². The molecule has 5 rings (SSSR count). The van der Waals surface area contributed by atoms with Crippen LogP contribution in [0.1, 0.15) is 52.6 Å². The van der Waals surface area contributed by atoms with Gasteiger partial charge in [-0.15, -0.1) is 0 Å². The van der Waals surface area contributed by atoms with E-state index in [0.29, 0.717) is 21.5 Å². The van der Waals surface area contributed by atoms with Crippen LogP contribution in [-0.4, -0.2) is 44.3 Å². The standard InChI is InChI=1S/C31H20O9/c32-26-22(18-9-3-1-7-16(18)13-24(26)29(35)36)15-23-19-10-4-2-8-17(19)14-25(30(37)38)27(23)40-31(39)21-12-6-5-11-20(21)28(33)34/h1-14,32H,15H2,(H,33,34)(H,35,36)(H,37,38). The van der Waals surface area contributed by atoms with Gasteiger partial charge in [0.15, 0.2) is 0 Å². The van der Waals surface area contributed by atoms with Crippen LogP contribution < -0.4 is 4.74 Å². The van der Waals surface area contributed by atoms with Gasteiger partial charge in [0.2, 0.25) is 0 Å². The van der Waals surface area contributed by atoms with Gasteiger partial charge in [0.1, 0.15) is 22.6 Å². The molecule has 9 heteroatoms. The number of benzene rings is 5. The lowest BCUT2D eigenvalue weighted by atomic mass is 9.90. The van der Waals surface area contributed by atoms with Crippen LogP contribution in [0.15, 0.2) is 84.9 Å². The maximum Gasteiger partial charge on any atom is 0.344 e. The van der Waals surface area contributed by atoms with Crippen LogP contribution in [0.3, 0.4) is 0 Å². The number of phenols is 1. The van der Waals surface area contributed by atoms with Gasteiger partial charge >= 0.3 is 23.9 Å².